The molecule has 170 valence electrons. The number of hydrogen-bond acceptors (Lipinski definition) is 8. The highest BCUT2D eigenvalue weighted by Crippen LogP contribution is 2.36. The van der Waals surface area contributed by atoms with E-state index in [4.69, 9.17) is 0 Å². The number of rotatable bonds is 15. The predicted molar refractivity (Wildman–Crippen MR) is 110 cm³/mol. The first-order valence-electron chi connectivity index (χ1n) is 10.2. The molecule has 0 amide bonds. The van der Waals surface area contributed by atoms with Crippen LogP contribution >= 0.6 is 0 Å². The SMILES string of the molecule is CC(O)CN(CC(C)O)C(C(O)C(C)(C)CN(CCO)CCO)C(C)(C)CO. The smallest absolute Gasteiger partial charge is 0.0764 e. The number of hydrogen-bond donors (Lipinski definition) is 6. The van der Waals surface area contributed by atoms with E-state index in [0.29, 0.717) is 19.6 Å². The van der Waals surface area contributed by atoms with Gasteiger partial charge in [0.2, 0.25) is 0 Å². The molecule has 0 aliphatic carbocycles. The van der Waals surface area contributed by atoms with E-state index in [-0.39, 0.29) is 32.9 Å². The molecule has 0 radical (unpaired) electrons. The van der Waals surface area contributed by atoms with E-state index in [1.165, 1.54) is 0 Å². The Bertz CT molecular complexity index is 402. The van der Waals surface area contributed by atoms with Crippen molar-refractivity contribution in [1.82, 2.24) is 9.80 Å². The summed E-state index contributed by atoms with van der Waals surface area (Å²) >= 11 is 0. The topological polar surface area (TPSA) is 128 Å². The largest absolute Gasteiger partial charge is 0.396 e. The van der Waals surface area contributed by atoms with E-state index in [1.807, 2.05) is 37.5 Å². The van der Waals surface area contributed by atoms with Crippen LogP contribution < -0.4 is 0 Å². The van der Waals surface area contributed by atoms with Crippen molar-refractivity contribution in [3.63, 3.8) is 0 Å². The van der Waals surface area contributed by atoms with Gasteiger partial charge in [0.15, 0.2) is 0 Å². The van der Waals surface area contributed by atoms with Gasteiger partial charge in [-0.15, -0.1) is 0 Å². The lowest BCUT2D eigenvalue weighted by Crippen LogP contribution is -2.61. The first kappa shape index (κ1) is 27.7. The molecule has 0 saturated heterocycles. The summed E-state index contributed by atoms with van der Waals surface area (Å²) in [7, 11) is 0. The Morgan fingerprint density at radius 3 is 1.50 bits per heavy atom. The molecule has 0 aliphatic rings. The van der Waals surface area contributed by atoms with E-state index in [0.717, 1.165) is 0 Å². The second kappa shape index (κ2) is 12.4. The molecule has 4 unspecified atom stereocenters. The van der Waals surface area contributed by atoms with Crippen LogP contribution in [0.1, 0.15) is 41.5 Å². The van der Waals surface area contributed by atoms with Gasteiger partial charge in [-0.1, -0.05) is 27.7 Å². The van der Waals surface area contributed by atoms with Gasteiger partial charge < -0.3 is 30.6 Å². The molecule has 0 aromatic rings. The summed E-state index contributed by atoms with van der Waals surface area (Å²) in [6.07, 6.45) is -2.22. The zero-order chi connectivity index (χ0) is 22.1. The van der Waals surface area contributed by atoms with E-state index < -0.39 is 35.2 Å². The van der Waals surface area contributed by atoms with Gasteiger partial charge in [0, 0.05) is 56.2 Å². The molecule has 0 fully saturated rings. The molecular formula is C20H44N2O6. The molecule has 8 heteroatoms. The van der Waals surface area contributed by atoms with Crippen LogP contribution in [0.5, 0.6) is 0 Å². The Balaban J connectivity index is 5.84. The number of nitrogens with zero attached hydrogens (tertiary/aromatic N) is 2. The molecule has 0 saturated carbocycles. The standard InChI is InChI=1S/C20H44N2O6/c1-15(26)11-22(12-16(2)27)17(20(5,6)14-25)18(28)19(3,4)13-21(7-9-23)8-10-24/h15-18,23-28H,7-14H2,1-6H3. The van der Waals surface area contributed by atoms with Crippen molar-refractivity contribution in [3.8, 4) is 0 Å². The molecule has 4 atom stereocenters. The van der Waals surface area contributed by atoms with Crippen LogP contribution in [0.3, 0.4) is 0 Å². The minimum absolute atomic E-state index is 0.0477. The maximum atomic E-state index is 11.4. The van der Waals surface area contributed by atoms with E-state index in [9.17, 15) is 30.6 Å². The third-order valence-corrected chi connectivity index (χ3v) is 5.16. The van der Waals surface area contributed by atoms with Crippen molar-refractivity contribution in [2.24, 2.45) is 10.8 Å². The average molecular weight is 409 g/mol. The van der Waals surface area contributed by atoms with Crippen LogP contribution in [-0.2, 0) is 0 Å². The number of aliphatic hydroxyl groups is 6. The quantitative estimate of drug-likeness (QED) is 0.206. The van der Waals surface area contributed by atoms with Crippen LogP contribution in [0.4, 0.5) is 0 Å². The maximum absolute atomic E-state index is 11.4. The monoisotopic (exact) mass is 408 g/mol. The second-order valence-electron chi connectivity index (χ2n) is 9.40. The zero-order valence-electron chi connectivity index (χ0n) is 18.5. The van der Waals surface area contributed by atoms with Crippen molar-refractivity contribution in [3.05, 3.63) is 0 Å². The molecule has 0 spiro atoms. The highest BCUT2D eigenvalue weighted by molar-refractivity contribution is 4.98. The van der Waals surface area contributed by atoms with Gasteiger partial charge >= 0.3 is 0 Å². The van der Waals surface area contributed by atoms with E-state index in [2.05, 4.69) is 0 Å². The lowest BCUT2D eigenvalue weighted by Gasteiger charge is -2.50. The third kappa shape index (κ3) is 9.00. The Labute approximate surface area is 170 Å². The highest BCUT2D eigenvalue weighted by atomic mass is 16.3. The maximum Gasteiger partial charge on any atom is 0.0764 e. The van der Waals surface area contributed by atoms with Gasteiger partial charge in [0.1, 0.15) is 0 Å². The molecule has 0 aliphatic heterocycles. The Morgan fingerprint density at radius 1 is 0.750 bits per heavy atom. The zero-order valence-corrected chi connectivity index (χ0v) is 18.5. The minimum Gasteiger partial charge on any atom is -0.396 e. The van der Waals surface area contributed by atoms with Gasteiger partial charge in [-0.25, -0.2) is 0 Å². The summed E-state index contributed by atoms with van der Waals surface area (Å²) < 4.78 is 0. The molecule has 0 rings (SSSR count). The Hall–Kier alpha value is -0.320. The fourth-order valence-corrected chi connectivity index (χ4v) is 3.85. The fraction of sp³-hybridized carbons (Fsp3) is 1.00. The van der Waals surface area contributed by atoms with Crippen LogP contribution in [0.2, 0.25) is 0 Å². The lowest BCUT2D eigenvalue weighted by atomic mass is 9.71. The van der Waals surface area contributed by atoms with Crippen molar-refractivity contribution >= 4 is 0 Å². The predicted octanol–water partition coefficient (Wildman–Crippen LogP) is -0.889. The van der Waals surface area contributed by atoms with Gasteiger partial charge in [-0.2, -0.15) is 0 Å². The molecule has 6 N–H and O–H groups in total. The fourth-order valence-electron chi connectivity index (χ4n) is 3.85. The summed E-state index contributed by atoms with van der Waals surface area (Å²) in [6, 6.07) is -0.526. The van der Waals surface area contributed by atoms with Crippen molar-refractivity contribution < 1.29 is 30.6 Å². The van der Waals surface area contributed by atoms with E-state index >= 15 is 0 Å². The van der Waals surface area contributed by atoms with Crippen molar-refractivity contribution in [2.45, 2.75) is 65.9 Å². The number of aliphatic hydroxyl groups excluding tert-OH is 6. The first-order valence-corrected chi connectivity index (χ1v) is 10.2. The summed E-state index contributed by atoms with van der Waals surface area (Å²) in [5.74, 6) is 0. The average Bonchev–Trinajstić information content (AvgIpc) is 2.53. The molecule has 28 heavy (non-hydrogen) atoms. The molecule has 0 bridgehead atoms. The van der Waals surface area contributed by atoms with Gasteiger partial charge in [0.25, 0.3) is 0 Å². The molecular weight excluding hydrogens is 364 g/mol. The summed E-state index contributed by atoms with van der Waals surface area (Å²) in [5, 5.41) is 59.9. The minimum atomic E-state index is -0.896. The highest BCUT2D eigenvalue weighted by Gasteiger charge is 2.45. The van der Waals surface area contributed by atoms with Gasteiger partial charge in [-0.3, -0.25) is 9.80 Å². The van der Waals surface area contributed by atoms with E-state index in [1.54, 1.807) is 13.8 Å². The van der Waals surface area contributed by atoms with Crippen LogP contribution in [-0.4, -0.2) is 117 Å². The van der Waals surface area contributed by atoms with Crippen LogP contribution in [0.25, 0.3) is 0 Å². The normalized spacial score (nSPS) is 17.8. The van der Waals surface area contributed by atoms with Gasteiger partial charge in [0.05, 0.1) is 31.5 Å². The van der Waals surface area contributed by atoms with Crippen molar-refractivity contribution in [2.75, 3.05) is 52.5 Å². The van der Waals surface area contributed by atoms with Gasteiger partial charge in [-0.05, 0) is 13.8 Å². The molecule has 0 aromatic carbocycles. The lowest BCUT2D eigenvalue weighted by molar-refractivity contribution is -0.107. The molecule has 0 heterocycles. The summed E-state index contributed by atoms with van der Waals surface area (Å²) in [4.78, 5) is 3.74. The second-order valence-corrected chi connectivity index (χ2v) is 9.40. The molecule has 8 nitrogen and oxygen atoms in total. The summed E-state index contributed by atoms with van der Waals surface area (Å²) in [6.45, 7) is 12.3. The Kier molecular flexibility index (Phi) is 12.3. The third-order valence-electron chi connectivity index (χ3n) is 5.16. The van der Waals surface area contributed by atoms with Crippen molar-refractivity contribution in [1.29, 1.82) is 0 Å². The Morgan fingerprint density at radius 2 is 1.18 bits per heavy atom. The van der Waals surface area contributed by atoms with Crippen LogP contribution in [0.15, 0.2) is 0 Å². The molecule has 0 aromatic heterocycles. The summed E-state index contributed by atoms with van der Waals surface area (Å²) in [5.41, 5.74) is -1.34. The first-order chi connectivity index (χ1) is 12.8. The van der Waals surface area contributed by atoms with Crippen LogP contribution in [0, 0.1) is 10.8 Å².